The summed E-state index contributed by atoms with van der Waals surface area (Å²) in [4.78, 5) is 21.9. The Morgan fingerprint density at radius 1 is 1.23 bits per heavy atom. The Bertz CT molecular complexity index is 479. The van der Waals surface area contributed by atoms with E-state index in [1.165, 1.54) is 0 Å². The molecule has 2 aliphatic rings. The summed E-state index contributed by atoms with van der Waals surface area (Å²) in [5.41, 5.74) is 0.882. The molecule has 0 bridgehead atoms. The van der Waals surface area contributed by atoms with Crippen molar-refractivity contribution in [2.75, 3.05) is 39.3 Å². The number of piperazine rings is 1. The Morgan fingerprint density at radius 3 is 2.59 bits per heavy atom. The van der Waals surface area contributed by atoms with Gasteiger partial charge >= 0.3 is 0 Å². The van der Waals surface area contributed by atoms with Gasteiger partial charge in [0, 0.05) is 45.5 Å². The van der Waals surface area contributed by atoms with E-state index in [-0.39, 0.29) is 11.9 Å². The Labute approximate surface area is 132 Å². The quantitative estimate of drug-likeness (QED) is 0.914. The van der Waals surface area contributed by atoms with Gasteiger partial charge in [0.2, 0.25) is 5.91 Å². The van der Waals surface area contributed by atoms with Crippen molar-refractivity contribution >= 4 is 5.91 Å². The molecule has 120 valence electrons. The maximum absolute atomic E-state index is 13.1. The maximum atomic E-state index is 13.1. The minimum Gasteiger partial charge on any atom is -0.341 e. The third kappa shape index (κ3) is 3.47. The second-order valence-corrected chi connectivity index (χ2v) is 6.45. The van der Waals surface area contributed by atoms with Gasteiger partial charge in [0.05, 0.1) is 5.69 Å². The zero-order valence-electron chi connectivity index (χ0n) is 13.4. The Kier molecular flexibility index (Phi) is 5.05. The van der Waals surface area contributed by atoms with Crippen LogP contribution in [0.3, 0.4) is 0 Å². The van der Waals surface area contributed by atoms with Crippen molar-refractivity contribution < 1.29 is 4.79 Å². The molecule has 3 heterocycles. The Hall–Kier alpha value is -1.46. The predicted octanol–water partition coefficient (Wildman–Crippen LogP) is 1.29. The van der Waals surface area contributed by atoms with Crippen LogP contribution in [0.1, 0.15) is 31.5 Å². The van der Waals surface area contributed by atoms with Gasteiger partial charge < -0.3 is 10.2 Å². The smallest absolute Gasteiger partial charge is 0.246 e. The lowest BCUT2D eigenvalue weighted by Gasteiger charge is -2.38. The van der Waals surface area contributed by atoms with Crippen LogP contribution in [-0.4, -0.2) is 60.0 Å². The molecule has 3 rings (SSSR count). The molecule has 1 unspecified atom stereocenters. The fraction of sp³-hybridized carbons (Fsp3) is 0.647. The summed E-state index contributed by atoms with van der Waals surface area (Å²) in [7, 11) is 0. The summed E-state index contributed by atoms with van der Waals surface area (Å²) < 4.78 is 0. The number of hydrogen-bond donors (Lipinski definition) is 1. The average molecular weight is 302 g/mol. The van der Waals surface area contributed by atoms with Gasteiger partial charge in [0.1, 0.15) is 6.04 Å². The van der Waals surface area contributed by atoms with Gasteiger partial charge in [-0.1, -0.05) is 13.0 Å². The minimum absolute atomic E-state index is 0.225. The normalized spacial score (nSPS) is 22.5. The van der Waals surface area contributed by atoms with Gasteiger partial charge in [-0.05, 0) is 30.9 Å². The molecule has 2 saturated heterocycles. The number of rotatable bonds is 3. The predicted molar refractivity (Wildman–Crippen MR) is 86.4 cm³/mol. The van der Waals surface area contributed by atoms with Crippen LogP contribution in [0.5, 0.6) is 0 Å². The van der Waals surface area contributed by atoms with E-state index in [0.717, 1.165) is 63.7 Å². The molecule has 22 heavy (non-hydrogen) atoms. The van der Waals surface area contributed by atoms with Crippen LogP contribution >= 0.6 is 0 Å². The van der Waals surface area contributed by atoms with E-state index >= 15 is 0 Å². The van der Waals surface area contributed by atoms with Crippen LogP contribution in [0.25, 0.3) is 0 Å². The molecular formula is C17H26N4O. The molecule has 1 aromatic heterocycles. The first-order valence-electron chi connectivity index (χ1n) is 8.40. The molecular weight excluding hydrogens is 276 g/mol. The number of pyridine rings is 1. The molecule has 0 radical (unpaired) electrons. The van der Waals surface area contributed by atoms with Crippen molar-refractivity contribution in [2.45, 2.75) is 25.8 Å². The van der Waals surface area contributed by atoms with E-state index in [1.807, 2.05) is 23.1 Å². The topological polar surface area (TPSA) is 48.5 Å². The summed E-state index contributed by atoms with van der Waals surface area (Å²) in [5, 5.41) is 3.36. The minimum atomic E-state index is -0.225. The Balaban J connectivity index is 1.79. The number of carbonyl (C=O) groups is 1. The van der Waals surface area contributed by atoms with Gasteiger partial charge in [-0.25, -0.2) is 0 Å². The van der Waals surface area contributed by atoms with Crippen LogP contribution in [-0.2, 0) is 4.79 Å². The lowest BCUT2D eigenvalue weighted by atomic mass is 9.98. The van der Waals surface area contributed by atoms with E-state index in [4.69, 9.17) is 0 Å². The van der Waals surface area contributed by atoms with Crippen molar-refractivity contribution in [1.82, 2.24) is 20.1 Å². The molecule has 5 nitrogen and oxygen atoms in total. The highest BCUT2D eigenvalue weighted by Gasteiger charge is 2.34. The molecule has 0 spiro atoms. The molecule has 5 heteroatoms. The molecule has 2 fully saturated rings. The molecule has 1 atom stereocenters. The largest absolute Gasteiger partial charge is 0.341 e. The summed E-state index contributed by atoms with van der Waals surface area (Å²) in [6.45, 7) is 7.72. The lowest BCUT2D eigenvalue weighted by molar-refractivity contribution is -0.139. The number of nitrogens with zero attached hydrogens (tertiary/aromatic N) is 3. The standard InChI is InChI=1S/C17H26N4O/c1-14-5-10-21(11-6-14)17(22)16(15-4-2-3-7-19-15)20-12-8-18-9-13-20/h2-4,7,14,16,18H,5-6,8-13H2,1H3. The van der Waals surface area contributed by atoms with E-state index in [0.29, 0.717) is 0 Å². The molecule has 1 aromatic rings. The van der Waals surface area contributed by atoms with E-state index in [2.05, 4.69) is 22.1 Å². The van der Waals surface area contributed by atoms with E-state index in [1.54, 1.807) is 6.20 Å². The number of nitrogens with one attached hydrogen (secondary N) is 1. The number of carbonyl (C=O) groups excluding carboxylic acids is 1. The van der Waals surface area contributed by atoms with Gasteiger partial charge in [-0.15, -0.1) is 0 Å². The van der Waals surface area contributed by atoms with Crippen LogP contribution < -0.4 is 5.32 Å². The number of hydrogen-bond acceptors (Lipinski definition) is 4. The zero-order chi connectivity index (χ0) is 15.4. The molecule has 1 N–H and O–H groups in total. The highest BCUT2D eigenvalue weighted by Crippen LogP contribution is 2.25. The summed E-state index contributed by atoms with van der Waals surface area (Å²) in [6.07, 6.45) is 4.01. The number of piperidine rings is 1. The lowest BCUT2D eigenvalue weighted by Crippen LogP contribution is -2.51. The van der Waals surface area contributed by atoms with Crippen LogP contribution in [0.2, 0.25) is 0 Å². The van der Waals surface area contributed by atoms with Gasteiger partial charge in [0.25, 0.3) is 0 Å². The number of likely N-dealkylation sites (tertiary alicyclic amines) is 1. The van der Waals surface area contributed by atoms with Crippen LogP contribution in [0, 0.1) is 5.92 Å². The van der Waals surface area contributed by atoms with Gasteiger partial charge in [-0.3, -0.25) is 14.7 Å². The molecule has 2 aliphatic heterocycles. The Morgan fingerprint density at radius 2 is 1.95 bits per heavy atom. The first kappa shape index (κ1) is 15.4. The highest BCUT2D eigenvalue weighted by atomic mass is 16.2. The number of amides is 1. The van der Waals surface area contributed by atoms with Crippen molar-refractivity contribution in [3.8, 4) is 0 Å². The van der Waals surface area contributed by atoms with Crippen molar-refractivity contribution in [3.63, 3.8) is 0 Å². The highest BCUT2D eigenvalue weighted by molar-refractivity contribution is 5.83. The second-order valence-electron chi connectivity index (χ2n) is 6.45. The van der Waals surface area contributed by atoms with Crippen LogP contribution in [0.4, 0.5) is 0 Å². The van der Waals surface area contributed by atoms with Gasteiger partial charge in [-0.2, -0.15) is 0 Å². The molecule has 0 aliphatic carbocycles. The molecule has 0 saturated carbocycles. The maximum Gasteiger partial charge on any atom is 0.246 e. The average Bonchev–Trinajstić information content (AvgIpc) is 2.57. The second kappa shape index (κ2) is 7.20. The molecule has 0 aromatic carbocycles. The van der Waals surface area contributed by atoms with E-state index < -0.39 is 0 Å². The monoisotopic (exact) mass is 302 g/mol. The fourth-order valence-corrected chi connectivity index (χ4v) is 3.35. The van der Waals surface area contributed by atoms with Crippen molar-refractivity contribution in [2.24, 2.45) is 5.92 Å². The first-order valence-corrected chi connectivity index (χ1v) is 8.40. The third-order valence-corrected chi connectivity index (χ3v) is 4.81. The number of aromatic nitrogens is 1. The van der Waals surface area contributed by atoms with Crippen molar-refractivity contribution in [3.05, 3.63) is 30.1 Å². The fourth-order valence-electron chi connectivity index (χ4n) is 3.35. The van der Waals surface area contributed by atoms with Crippen LogP contribution in [0.15, 0.2) is 24.4 Å². The first-order chi connectivity index (χ1) is 10.8. The van der Waals surface area contributed by atoms with E-state index in [9.17, 15) is 4.79 Å². The third-order valence-electron chi connectivity index (χ3n) is 4.81. The summed E-state index contributed by atoms with van der Waals surface area (Å²) in [5.74, 6) is 0.962. The van der Waals surface area contributed by atoms with Gasteiger partial charge in [0.15, 0.2) is 0 Å². The molecule has 1 amide bonds. The SMILES string of the molecule is CC1CCN(C(=O)C(c2ccccn2)N2CCNCC2)CC1. The summed E-state index contributed by atoms with van der Waals surface area (Å²) in [6, 6.07) is 5.64. The summed E-state index contributed by atoms with van der Waals surface area (Å²) >= 11 is 0. The van der Waals surface area contributed by atoms with Crippen molar-refractivity contribution in [1.29, 1.82) is 0 Å². The zero-order valence-corrected chi connectivity index (χ0v) is 13.4.